The molecule has 0 aromatic heterocycles. The fourth-order valence-electron chi connectivity index (χ4n) is 1.29. The van der Waals surface area contributed by atoms with Gasteiger partial charge in [-0.25, -0.2) is 9.13 Å². The fraction of sp³-hybridized carbons (Fsp3) is 0.933. The van der Waals surface area contributed by atoms with Gasteiger partial charge in [0.1, 0.15) is 65.4 Å². The van der Waals surface area contributed by atoms with E-state index in [0.717, 1.165) is 0 Å². The van der Waals surface area contributed by atoms with Crippen molar-refractivity contribution in [2.45, 2.75) is 6.10 Å². The van der Waals surface area contributed by atoms with Crippen molar-refractivity contribution in [3.05, 3.63) is 0 Å². The summed E-state index contributed by atoms with van der Waals surface area (Å²) in [5.74, 6) is 0. The van der Waals surface area contributed by atoms with Gasteiger partial charge in [-0.2, -0.15) is 0 Å². The molecule has 21 heteroatoms. The maximum absolute atomic E-state index is 11.2. The average Bonchev–Trinajstić information content (AvgIpc) is 2.61. The number of halogens is 1. The molecule has 0 aromatic rings. The van der Waals surface area contributed by atoms with Crippen molar-refractivity contribution in [3.8, 4) is 0 Å². The van der Waals surface area contributed by atoms with Gasteiger partial charge in [-0.05, 0) is 0 Å². The zero-order valence-corrected chi connectivity index (χ0v) is 27.5. The molecule has 214 valence electrons. The maximum Gasteiger partial charge on any atom is 1.00 e. The second kappa shape index (κ2) is 21.1. The van der Waals surface area contributed by atoms with Gasteiger partial charge in [-0.3, -0.25) is 31.8 Å². The predicted octanol–water partition coefficient (Wildman–Crippen LogP) is -11.5. The average molecular weight is 698 g/mol. The number of nitrogens with zero attached hydrogens (tertiary/aromatic N) is 2. The molecule has 4 N–H and O–H groups in total. The number of hydrogen-bond donors (Lipinski definition) is 4. The van der Waals surface area contributed by atoms with Gasteiger partial charge in [0.15, 0.2) is 0 Å². The third-order valence-electron chi connectivity index (χ3n) is 2.98. The Morgan fingerprint density at radius 3 is 1.44 bits per heavy atom. The summed E-state index contributed by atoms with van der Waals surface area (Å²) in [7, 11) is 3.38. The van der Waals surface area contributed by atoms with E-state index in [9.17, 15) is 13.9 Å². The molecule has 0 amide bonds. The first-order valence-electron chi connectivity index (χ1n) is 9.62. The monoisotopic (exact) mass is 698 g/mol. The minimum absolute atomic E-state index is 0. The number of phosphoric ester groups is 2. The number of phosphoric acid groups is 2. The van der Waals surface area contributed by atoms with Gasteiger partial charge in [0.05, 0.1) is 55.5 Å². The SMILES string of the molecule is C[N+](C)(C)CCOP(=O)(O)OCC(O)CO.C[N+](C)(C)CCOP(=O)(O)OCC=O.[Na+].[O-][I+3]([O-])([O-])[O-]. The molecule has 0 bridgehead atoms. The molecular formula is C15H38IN2NaO15P2+2. The number of carbonyl (C=O) groups is 1. The van der Waals surface area contributed by atoms with E-state index in [1.54, 1.807) is 0 Å². The van der Waals surface area contributed by atoms with E-state index in [-0.39, 0.29) is 42.8 Å². The summed E-state index contributed by atoms with van der Waals surface area (Å²) in [6, 6.07) is 0. The fourth-order valence-corrected chi connectivity index (χ4v) is 2.68. The van der Waals surface area contributed by atoms with Crippen LogP contribution in [-0.4, -0.2) is 130 Å². The van der Waals surface area contributed by atoms with Crippen molar-refractivity contribution >= 4 is 21.9 Å². The third-order valence-corrected chi connectivity index (χ3v) is 4.95. The van der Waals surface area contributed by atoms with Gasteiger partial charge in [0.2, 0.25) is 0 Å². The van der Waals surface area contributed by atoms with Crippen LogP contribution in [0.2, 0.25) is 0 Å². The molecule has 0 aliphatic carbocycles. The summed E-state index contributed by atoms with van der Waals surface area (Å²) in [6.07, 6.45) is -0.783. The smallest absolute Gasteiger partial charge is 0.394 e. The number of carbonyl (C=O) groups excluding carboxylic acids is 1. The summed E-state index contributed by atoms with van der Waals surface area (Å²) < 4.78 is 76.0. The molecule has 3 unspecified atom stereocenters. The Morgan fingerprint density at radius 2 is 1.17 bits per heavy atom. The molecule has 0 aliphatic heterocycles. The van der Waals surface area contributed by atoms with E-state index in [0.29, 0.717) is 28.3 Å². The Morgan fingerprint density at radius 1 is 0.833 bits per heavy atom. The molecular weight excluding hydrogens is 660 g/mol. The van der Waals surface area contributed by atoms with Crippen molar-refractivity contribution in [3.63, 3.8) is 0 Å². The van der Waals surface area contributed by atoms with Crippen LogP contribution in [0.5, 0.6) is 0 Å². The first-order valence-corrected chi connectivity index (χ1v) is 16.1. The molecule has 0 fully saturated rings. The summed E-state index contributed by atoms with van der Waals surface area (Å²) in [6.45, 7) is -0.0836. The van der Waals surface area contributed by atoms with Crippen molar-refractivity contribution in [1.29, 1.82) is 0 Å². The topological polar surface area (TPSA) is 261 Å². The van der Waals surface area contributed by atoms with E-state index >= 15 is 0 Å². The molecule has 0 saturated heterocycles. The van der Waals surface area contributed by atoms with Gasteiger partial charge in [0, 0.05) is 0 Å². The normalized spacial score (nSPS) is 16.1. The second-order valence-electron chi connectivity index (χ2n) is 8.60. The Bertz CT molecular complexity index is 652. The molecule has 0 radical (unpaired) electrons. The molecule has 36 heavy (non-hydrogen) atoms. The van der Waals surface area contributed by atoms with Gasteiger partial charge in [-0.1, -0.05) is 0 Å². The van der Waals surface area contributed by atoms with Crippen LogP contribution in [0.4, 0.5) is 0 Å². The summed E-state index contributed by atoms with van der Waals surface area (Å²) in [5, 5.41) is 17.4. The van der Waals surface area contributed by atoms with E-state index in [1.165, 1.54) is 0 Å². The number of likely N-dealkylation sites (N-methyl/N-ethyl adjacent to an activating group) is 2. The van der Waals surface area contributed by atoms with Gasteiger partial charge in [0.25, 0.3) is 0 Å². The Hall–Kier alpha value is 1.30. The zero-order valence-electron chi connectivity index (χ0n) is 21.6. The van der Waals surface area contributed by atoms with Crippen LogP contribution in [0, 0.1) is 0 Å². The van der Waals surface area contributed by atoms with Crippen LogP contribution >= 0.6 is 15.6 Å². The van der Waals surface area contributed by atoms with Gasteiger partial charge in [-0.15, -0.1) is 0 Å². The maximum atomic E-state index is 11.2. The minimum Gasteiger partial charge on any atom is -0.394 e. The van der Waals surface area contributed by atoms with Crippen molar-refractivity contribution in [2.75, 3.05) is 88.4 Å². The molecule has 17 nitrogen and oxygen atoms in total. The summed E-state index contributed by atoms with van der Waals surface area (Å²) in [5.41, 5.74) is 0. The number of quaternary nitrogens is 2. The van der Waals surface area contributed by atoms with Crippen LogP contribution in [0.25, 0.3) is 0 Å². The quantitative estimate of drug-likeness (QED) is 0.0407. The van der Waals surface area contributed by atoms with Crippen molar-refractivity contribution < 1.29 is 124 Å². The van der Waals surface area contributed by atoms with Crippen molar-refractivity contribution in [2.24, 2.45) is 0 Å². The molecule has 0 spiro atoms. The van der Waals surface area contributed by atoms with E-state index in [4.69, 9.17) is 33.7 Å². The Labute approximate surface area is 239 Å². The van der Waals surface area contributed by atoms with Crippen LogP contribution in [-0.2, 0) is 32.0 Å². The third kappa shape index (κ3) is 45.2. The molecule has 0 rings (SSSR count). The molecule has 0 saturated carbocycles. The first kappa shape index (κ1) is 44.3. The van der Waals surface area contributed by atoms with Crippen molar-refractivity contribution in [1.82, 2.24) is 0 Å². The van der Waals surface area contributed by atoms with E-state index in [2.05, 4.69) is 18.1 Å². The number of aldehydes is 1. The predicted molar refractivity (Wildman–Crippen MR) is 108 cm³/mol. The number of aliphatic hydroxyl groups is 2. The standard InChI is InChI=1S/C8H20NO6P.C7H16NO5P.IO4.Na/c1-9(2,3)4-5-14-16(12,13)15-7-8(11)6-10;1-8(2,3)4-6-12-14(10,11)13-7-5-9;2-1(3,4)5;/h8,10-11H,4-7H2,1-3H3;5H,4,6-7H2,1-3H3;;/q;;-1;+1/p+2. The summed E-state index contributed by atoms with van der Waals surface area (Å²) >= 11 is -5.94. The van der Waals surface area contributed by atoms with Crippen LogP contribution < -0.4 is 63.4 Å². The molecule has 0 aromatic carbocycles. The number of aliphatic hydroxyl groups excluding tert-OH is 2. The summed E-state index contributed by atoms with van der Waals surface area (Å²) in [4.78, 5) is 28.0. The molecule has 3 atom stereocenters. The van der Waals surface area contributed by atoms with Crippen LogP contribution in [0.1, 0.15) is 0 Å². The number of rotatable bonds is 15. The van der Waals surface area contributed by atoms with Crippen LogP contribution in [0.15, 0.2) is 0 Å². The molecule has 0 aliphatic rings. The van der Waals surface area contributed by atoms with Crippen LogP contribution in [0.3, 0.4) is 0 Å². The zero-order chi connectivity index (χ0) is 28.6. The first-order chi connectivity index (χ1) is 15.4. The largest absolute Gasteiger partial charge is 1.00 e. The minimum atomic E-state index is -5.94. The van der Waals surface area contributed by atoms with Gasteiger partial charge >= 0.3 is 45.2 Å². The van der Waals surface area contributed by atoms with Gasteiger partial charge < -0.3 is 33.8 Å². The number of hydrogen-bond acceptors (Lipinski definition) is 13. The van der Waals surface area contributed by atoms with E-state index in [1.807, 2.05) is 42.3 Å². The molecule has 0 heterocycles. The van der Waals surface area contributed by atoms with E-state index < -0.39 is 61.7 Å². The Balaban J connectivity index is -0.000000235. The Kier molecular flexibility index (Phi) is 26.0. The second-order valence-corrected chi connectivity index (χ2v) is 13.7.